The van der Waals surface area contributed by atoms with Gasteiger partial charge in [0.1, 0.15) is 23.4 Å². The number of methoxy groups -OCH3 is 1. The first-order valence-electron chi connectivity index (χ1n) is 12.3. The highest BCUT2D eigenvalue weighted by molar-refractivity contribution is 7.17. The Bertz CT molecular complexity index is 1330. The summed E-state index contributed by atoms with van der Waals surface area (Å²) in [5.41, 5.74) is 2.45. The zero-order valence-electron chi connectivity index (χ0n) is 21.8. The third kappa shape index (κ3) is 8.03. The summed E-state index contributed by atoms with van der Waals surface area (Å²) >= 11 is 1.22. The maximum Gasteiger partial charge on any atom is 0.257 e. The Morgan fingerprint density at radius 3 is 2.34 bits per heavy atom. The van der Waals surface area contributed by atoms with Gasteiger partial charge in [-0.2, -0.15) is 0 Å². The van der Waals surface area contributed by atoms with E-state index in [1.165, 1.54) is 16.9 Å². The fraction of sp³-hybridized carbons (Fsp3) is 0.276. The van der Waals surface area contributed by atoms with Crippen molar-refractivity contribution >= 4 is 22.4 Å². The Labute approximate surface area is 226 Å². The highest BCUT2D eigenvalue weighted by Crippen LogP contribution is 2.31. The number of aryl methyl sites for hydroxylation is 1. The minimum absolute atomic E-state index is 0.116. The van der Waals surface area contributed by atoms with Gasteiger partial charge in [0.05, 0.1) is 25.1 Å². The van der Waals surface area contributed by atoms with E-state index in [9.17, 15) is 4.79 Å². The lowest BCUT2D eigenvalue weighted by Gasteiger charge is -2.19. The van der Waals surface area contributed by atoms with Crippen LogP contribution in [-0.2, 0) is 11.2 Å². The van der Waals surface area contributed by atoms with Gasteiger partial charge in [0.25, 0.3) is 5.91 Å². The molecular formula is C29H31N3O5S. The Kier molecular flexibility index (Phi) is 9.29. The van der Waals surface area contributed by atoms with Crippen LogP contribution in [0, 0.1) is 6.92 Å². The SMILES string of the molecule is COC[C@H](C)Oc1cc(O[C@@H](C)Cc2ccccc2)cc(C(=O)Nc2ncc(Oc3ccc(C)nc3)s2)c1. The number of ether oxygens (including phenoxy) is 4. The maximum absolute atomic E-state index is 13.2. The van der Waals surface area contributed by atoms with E-state index < -0.39 is 0 Å². The number of nitrogens with zero attached hydrogens (tertiary/aromatic N) is 2. The molecule has 1 N–H and O–H groups in total. The normalized spacial score (nSPS) is 12.4. The number of hydrogen-bond acceptors (Lipinski definition) is 8. The second kappa shape index (κ2) is 13.0. The highest BCUT2D eigenvalue weighted by atomic mass is 32.1. The molecule has 2 aromatic heterocycles. The van der Waals surface area contributed by atoms with Crippen molar-refractivity contribution in [1.82, 2.24) is 9.97 Å². The molecule has 4 aromatic rings. The number of pyridine rings is 1. The van der Waals surface area contributed by atoms with Crippen molar-refractivity contribution in [3.63, 3.8) is 0 Å². The predicted octanol–water partition coefficient (Wildman–Crippen LogP) is 6.31. The van der Waals surface area contributed by atoms with E-state index in [1.54, 1.807) is 37.7 Å². The Balaban J connectivity index is 1.48. The molecule has 9 heteroatoms. The van der Waals surface area contributed by atoms with Crippen LogP contribution in [0.4, 0.5) is 5.13 Å². The molecule has 0 unspecified atom stereocenters. The Morgan fingerprint density at radius 1 is 0.921 bits per heavy atom. The van der Waals surface area contributed by atoms with Crippen LogP contribution in [0.3, 0.4) is 0 Å². The first kappa shape index (κ1) is 27.1. The van der Waals surface area contributed by atoms with Gasteiger partial charge < -0.3 is 18.9 Å². The third-order valence-electron chi connectivity index (χ3n) is 5.39. The fourth-order valence-electron chi connectivity index (χ4n) is 3.72. The molecule has 0 bridgehead atoms. The lowest BCUT2D eigenvalue weighted by atomic mass is 10.1. The number of rotatable bonds is 12. The summed E-state index contributed by atoms with van der Waals surface area (Å²) in [5, 5.41) is 3.78. The molecule has 198 valence electrons. The summed E-state index contributed by atoms with van der Waals surface area (Å²) in [5.74, 6) is 1.31. The molecule has 0 aliphatic heterocycles. The van der Waals surface area contributed by atoms with Crippen molar-refractivity contribution in [2.75, 3.05) is 19.0 Å². The van der Waals surface area contributed by atoms with E-state index in [0.717, 1.165) is 12.1 Å². The van der Waals surface area contributed by atoms with Crippen LogP contribution in [-0.4, -0.2) is 41.8 Å². The van der Waals surface area contributed by atoms with Gasteiger partial charge >= 0.3 is 0 Å². The average molecular weight is 534 g/mol. The van der Waals surface area contributed by atoms with Crippen LogP contribution in [0.2, 0.25) is 0 Å². The number of carbonyl (C=O) groups is 1. The second-order valence-electron chi connectivity index (χ2n) is 8.87. The summed E-state index contributed by atoms with van der Waals surface area (Å²) in [6.45, 7) is 6.21. The molecule has 0 spiro atoms. The Hall–Kier alpha value is -3.95. The first-order chi connectivity index (χ1) is 18.4. The smallest absolute Gasteiger partial charge is 0.257 e. The molecular weight excluding hydrogens is 502 g/mol. The fourth-order valence-corrected chi connectivity index (χ4v) is 4.41. The molecule has 0 fully saturated rings. The number of amides is 1. The van der Waals surface area contributed by atoms with Crippen molar-refractivity contribution in [3.8, 4) is 22.3 Å². The molecule has 2 aromatic carbocycles. The van der Waals surface area contributed by atoms with E-state index >= 15 is 0 Å². The molecule has 38 heavy (non-hydrogen) atoms. The molecule has 0 aliphatic carbocycles. The van der Waals surface area contributed by atoms with Gasteiger partial charge in [-0.25, -0.2) is 4.98 Å². The van der Waals surface area contributed by atoms with E-state index in [2.05, 4.69) is 27.4 Å². The van der Waals surface area contributed by atoms with Crippen LogP contribution < -0.4 is 19.5 Å². The van der Waals surface area contributed by atoms with E-state index in [-0.39, 0.29) is 18.1 Å². The summed E-state index contributed by atoms with van der Waals surface area (Å²) in [7, 11) is 1.62. The average Bonchev–Trinajstić information content (AvgIpc) is 3.32. The molecule has 2 heterocycles. The number of carbonyl (C=O) groups excluding carboxylic acids is 1. The summed E-state index contributed by atoms with van der Waals surface area (Å²) in [6, 6.07) is 19.0. The van der Waals surface area contributed by atoms with E-state index in [4.69, 9.17) is 18.9 Å². The third-order valence-corrected chi connectivity index (χ3v) is 6.18. The lowest BCUT2D eigenvalue weighted by Crippen LogP contribution is -2.19. The molecule has 0 saturated carbocycles. The minimum Gasteiger partial charge on any atom is -0.490 e. The van der Waals surface area contributed by atoms with Crippen LogP contribution in [0.25, 0.3) is 0 Å². The van der Waals surface area contributed by atoms with Crippen molar-refractivity contribution in [1.29, 1.82) is 0 Å². The van der Waals surface area contributed by atoms with Crippen molar-refractivity contribution in [2.24, 2.45) is 0 Å². The van der Waals surface area contributed by atoms with Gasteiger partial charge in [0.15, 0.2) is 5.13 Å². The van der Waals surface area contributed by atoms with Crippen LogP contribution in [0.5, 0.6) is 22.3 Å². The Morgan fingerprint density at radius 2 is 1.66 bits per heavy atom. The number of thiazole rings is 1. The van der Waals surface area contributed by atoms with Crippen molar-refractivity contribution < 1.29 is 23.7 Å². The van der Waals surface area contributed by atoms with Crippen molar-refractivity contribution in [3.05, 3.63) is 89.9 Å². The summed E-state index contributed by atoms with van der Waals surface area (Å²) in [6.07, 6.45) is 3.61. The molecule has 8 nitrogen and oxygen atoms in total. The maximum atomic E-state index is 13.2. The van der Waals surface area contributed by atoms with Crippen LogP contribution in [0.1, 0.15) is 35.5 Å². The standard InChI is InChI=1S/C29H31N3O5S/c1-19-10-11-24(16-30-19)37-27-17-31-29(38-27)32-28(33)23-13-25(15-26(14-23)36-21(3)18-34-4)35-20(2)12-22-8-6-5-7-9-22/h5-11,13-17,20-21H,12,18H2,1-4H3,(H,31,32,33)/t20-,21-/m0/s1. The van der Waals surface area contributed by atoms with Gasteiger partial charge in [-0.3, -0.25) is 15.1 Å². The molecule has 0 saturated heterocycles. The summed E-state index contributed by atoms with van der Waals surface area (Å²) < 4.78 is 23.2. The van der Waals surface area contributed by atoms with Gasteiger partial charge in [0.2, 0.25) is 5.06 Å². The summed E-state index contributed by atoms with van der Waals surface area (Å²) in [4.78, 5) is 21.7. The number of hydrogen-bond donors (Lipinski definition) is 1. The zero-order valence-corrected chi connectivity index (χ0v) is 22.7. The minimum atomic E-state index is -0.340. The highest BCUT2D eigenvalue weighted by Gasteiger charge is 2.16. The van der Waals surface area contributed by atoms with Crippen LogP contribution >= 0.6 is 11.3 Å². The zero-order chi connectivity index (χ0) is 26.9. The monoisotopic (exact) mass is 533 g/mol. The first-order valence-corrected chi connectivity index (χ1v) is 13.1. The van der Waals surface area contributed by atoms with Gasteiger partial charge in [0, 0.05) is 30.9 Å². The van der Waals surface area contributed by atoms with Crippen molar-refractivity contribution in [2.45, 2.75) is 39.4 Å². The number of nitrogens with one attached hydrogen (secondary N) is 1. The topological polar surface area (TPSA) is 91.8 Å². The lowest BCUT2D eigenvalue weighted by molar-refractivity contribution is 0.0913. The molecule has 4 rings (SSSR count). The van der Waals surface area contributed by atoms with Gasteiger partial charge in [-0.15, -0.1) is 0 Å². The van der Waals surface area contributed by atoms with Gasteiger partial charge in [-0.05, 0) is 50.6 Å². The van der Waals surface area contributed by atoms with Gasteiger partial charge in [-0.1, -0.05) is 41.7 Å². The molecule has 0 aliphatic rings. The molecule has 1 amide bonds. The predicted molar refractivity (Wildman–Crippen MR) is 148 cm³/mol. The number of anilines is 1. The molecule has 0 radical (unpaired) electrons. The second-order valence-corrected chi connectivity index (χ2v) is 9.86. The van der Waals surface area contributed by atoms with E-state index in [0.29, 0.717) is 39.6 Å². The number of aromatic nitrogens is 2. The van der Waals surface area contributed by atoms with Crippen LogP contribution in [0.15, 0.2) is 73.1 Å². The number of benzene rings is 2. The quantitative estimate of drug-likeness (QED) is 0.228. The molecule has 2 atom stereocenters. The largest absolute Gasteiger partial charge is 0.490 e. The van der Waals surface area contributed by atoms with E-state index in [1.807, 2.05) is 51.1 Å².